The number of morpholine rings is 1. The monoisotopic (exact) mass is 333 g/mol. The largest absolute Gasteiger partial charge is 0.379 e. The highest BCUT2D eigenvalue weighted by atomic mass is 19.1. The minimum atomic E-state index is -0.411. The Kier molecular flexibility index (Phi) is 5.55. The van der Waals surface area contributed by atoms with Crippen LogP contribution in [0.25, 0.3) is 11.3 Å². The normalized spacial score (nSPS) is 15.4. The summed E-state index contributed by atoms with van der Waals surface area (Å²) in [5, 5.41) is 6.53. The summed E-state index contributed by atoms with van der Waals surface area (Å²) in [5.41, 5.74) is 0.441. The van der Waals surface area contributed by atoms with Gasteiger partial charge in [0.25, 0.3) is 5.91 Å². The molecule has 0 radical (unpaired) electrons. The summed E-state index contributed by atoms with van der Waals surface area (Å²) >= 11 is 0. The third-order valence-electron chi connectivity index (χ3n) is 3.92. The quantitative estimate of drug-likeness (QED) is 0.818. The number of nitrogens with one attached hydrogen (secondary N) is 1. The Hall–Kier alpha value is -2.25. The van der Waals surface area contributed by atoms with E-state index in [-0.39, 0.29) is 22.9 Å². The fourth-order valence-corrected chi connectivity index (χ4v) is 2.59. The van der Waals surface area contributed by atoms with Crippen molar-refractivity contribution in [1.29, 1.82) is 0 Å². The molecule has 1 aliphatic heterocycles. The number of hydrogen-bond donors (Lipinski definition) is 1. The first-order valence-corrected chi connectivity index (χ1v) is 8.04. The smallest absolute Gasteiger partial charge is 0.273 e. The Morgan fingerprint density at radius 3 is 2.88 bits per heavy atom. The maximum Gasteiger partial charge on any atom is 0.273 e. The molecule has 0 unspecified atom stereocenters. The van der Waals surface area contributed by atoms with Crippen molar-refractivity contribution in [3.8, 4) is 11.3 Å². The van der Waals surface area contributed by atoms with Gasteiger partial charge in [-0.3, -0.25) is 9.69 Å². The highest BCUT2D eigenvalue weighted by Crippen LogP contribution is 2.23. The molecule has 0 aliphatic carbocycles. The third kappa shape index (κ3) is 4.18. The van der Waals surface area contributed by atoms with E-state index in [1.807, 2.05) is 0 Å². The van der Waals surface area contributed by atoms with Crippen molar-refractivity contribution in [3.63, 3.8) is 0 Å². The van der Waals surface area contributed by atoms with Crippen LogP contribution in [-0.2, 0) is 4.74 Å². The van der Waals surface area contributed by atoms with Crippen LogP contribution in [0.15, 0.2) is 34.9 Å². The van der Waals surface area contributed by atoms with Gasteiger partial charge in [0.05, 0.1) is 18.8 Å². The average molecular weight is 333 g/mol. The van der Waals surface area contributed by atoms with Crippen molar-refractivity contribution < 1.29 is 18.4 Å². The second-order valence-corrected chi connectivity index (χ2v) is 5.62. The maximum atomic E-state index is 13.7. The first-order valence-electron chi connectivity index (χ1n) is 8.04. The lowest BCUT2D eigenvalue weighted by Gasteiger charge is -2.26. The van der Waals surface area contributed by atoms with E-state index in [0.717, 1.165) is 39.3 Å². The summed E-state index contributed by atoms with van der Waals surface area (Å²) in [5.74, 6) is -0.485. The molecule has 1 amide bonds. The van der Waals surface area contributed by atoms with Gasteiger partial charge in [-0.25, -0.2) is 4.39 Å². The third-order valence-corrected chi connectivity index (χ3v) is 3.92. The van der Waals surface area contributed by atoms with Crippen LogP contribution in [0.5, 0.6) is 0 Å². The van der Waals surface area contributed by atoms with Gasteiger partial charge in [0.1, 0.15) is 5.82 Å². The zero-order valence-electron chi connectivity index (χ0n) is 13.3. The van der Waals surface area contributed by atoms with E-state index < -0.39 is 5.82 Å². The average Bonchev–Trinajstić information content (AvgIpc) is 3.10. The van der Waals surface area contributed by atoms with Crippen molar-refractivity contribution in [3.05, 3.63) is 41.8 Å². The summed E-state index contributed by atoms with van der Waals surface area (Å²) in [4.78, 5) is 14.4. The van der Waals surface area contributed by atoms with Gasteiger partial charge in [-0.05, 0) is 25.1 Å². The topological polar surface area (TPSA) is 67.6 Å². The van der Waals surface area contributed by atoms with Gasteiger partial charge in [0.2, 0.25) is 0 Å². The fraction of sp³-hybridized carbons (Fsp3) is 0.412. The number of rotatable bonds is 6. The van der Waals surface area contributed by atoms with Crippen LogP contribution in [0.2, 0.25) is 0 Å². The molecular weight excluding hydrogens is 313 g/mol. The number of hydrogen-bond acceptors (Lipinski definition) is 5. The van der Waals surface area contributed by atoms with E-state index >= 15 is 0 Å². The maximum absolute atomic E-state index is 13.7. The Morgan fingerprint density at radius 1 is 1.29 bits per heavy atom. The Labute approximate surface area is 139 Å². The summed E-state index contributed by atoms with van der Waals surface area (Å²) in [7, 11) is 0. The minimum absolute atomic E-state index is 0.152. The van der Waals surface area contributed by atoms with Crippen molar-refractivity contribution in [2.45, 2.75) is 6.42 Å². The molecule has 1 fully saturated rings. The lowest BCUT2D eigenvalue weighted by Crippen LogP contribution is -2.38. The van der Waals surface area contributed by atoms with Gasteiger partial charge >= 0.3 is 0 Å². The first kappa shape index (κ1) is 16.6. The Morgan fingerprint density at radius 2 is 2.08 bits per heavy atom. The zero-order valence-corrected chi connectivity index (χ0v) is 13.3. The molecule has 3 rings (SSSR count). The molecular formula is C17H20FN3O3. The molecule has 1 aliphatic rings. The molecule has 1 aromatic heterocycles. The number of halogens is 1. The molecule has 128 valence electrons. The van der Waals surface area contributed by atoms with E-state index in [1.54, 1.807) is 18.2 Å². The van der Waals surface area contributed by atoms with Crippen molar-refractivity contribution in [2.24, 2.45) is 0 Å². The number of benzene rings is 1. The van der Waals surface area contributed by atoms with E-state index in [4.69, 9.17) is 9.26 Å². The van der Waals surface area contributed by atoms with E-state index in [2.05, 4.69) is 15.4 Å². The summed E-state index contributed by atoms with van der Waals surface area (Å²) in [6, 6.07) is 7.67. The number of ether oxygens (including phenoxy) is 1. The fourth-order valence-electron chi connectivity index (χ4n) is 2.59. The second-order valence-electron chi connectivity index (χ2n) is 5.62. The van der Waals surface area contributed by atoms with Crippen LogP contribution in [0.1, 0.15) is 16.9 Å². The lowest BCUT2D eigenvalue weighted by molar-refractivity contribution is 0.0374. The van der Waals surface area contributed by atoms with E-state index in [0.29, 0.717) is 6.54 Å². The number of carbonyl (C=O) groups excluding carboxylic acids is 1. The van der Waals surface area contributed by atoms with Crippen molar-refractivity contribution >= 4 is 5.91 Å². The molecule has 1 aromatic carbocycles. The lowest BCUT2D eigenvalue weighted by atomic mass is 10.1. The van der Waals surface area contributed by atoms with Gasteiger partial charge in [-0.1, -0.05) is 17.3 Å². The molecule has 0 spiro atoms. The molecule has 0 atom stereocenters. The highest BCUT2D eigenvalue weighted by molar-refractivity contribution is 5.93. The molecule has 2 aromatic rings. The Balaban J connectivity index is 1.48. The predicted molar refractivity (Wildman–Crippen MR) is 86.1 cm³/mol. The molecule has 6 nitrogen and oxygen atoms in total. The summed E-state index contributed by atoms with van der Waals surface area (Å²) < 4.78 is 24.1. The van der Waals surface area contributed by atoms with Crippen LogP contribution in [0.4, 0.5) is 4.39 Å². The molecule has 24 heavy (non-hydrogen) atoms. The van der Waals surface area contributed by atoms with Crippen LogP contribution in [0, 0.1) is 5.82 Å². The highest BCUT2D eigenvalue weighted by Gasteiger charge is 2.16. The van der Waals surface area contributed by atoms with Gasteiger partial charge in [0, 0.05) is 25.7 Å². The zero-order chi connectivity index (χ0) is 16.8. The van der Waals surface area contributed by atoms with Crippen LogP contribution < -0.4 is 5.32 Å². The Bertz CT molecular complexity index is 683. The molecule has 7 heteroatoms. The number of carbonyl (C=O) groups is 1. The van der Waals surface area contributed by atoms with E-state index in [1.165, 1.54) is 12.1 Å². The summed E-state index contributed by atoms with van der Waals surface area (Å²) in [6.07, 6.45) is 0.851. The number of nitrogens with zero attached hydrogens (tertiary/aromatic N) is 2. The number of amides is 1. The molecule has 2 heterocycles. The van der Waals surface area contributed by atoms with Crippen molar-refractivity contribution in [2.75, 3.05) is 39.4 Å². The van der Waals surface area contributed by atoms with Crippen LogP contribution in [0.3, 0.4) is 0 Å². The molecule has 1 saturated heterocycles. The van der Waals surface area contributed by atoms with Gasteiger partial charge in [0.15, 0.2) is 11.5 Å². The summed E-state index contributed by atoms with van der Waals surface area (Å²) in [6.45, 7) is 4.88. The van der Waals surface area contributed by atoms with Crippen LogP contribution in [-0.4, -0.2) is 55.4 Å². The van der Waals surface area contributed by atoms with Gasteiger partial charge in [-0.15, -0.1) is 0 Å². The molecule has 0 bridgehead atoms. The number of aromatic nitrogens is 1. The second kappa shape index (κ2) is 8.03. The minimum Gasteiger partial charge on any atom is -0.379 e. The van der Waals surface area contributed by atoms with Gasteiger partial charge in [-0.2, -0.15) is 0 Å². The van der Waals surface area contributed by atoms with Crippen molar-refractivity contribution in [1.82, 2.24) is 15.4 Å². The molecule has 0 saturated carbocycles. The first-order chi connectivity index (χ1) is 11.7. The van der Waals surface area contributed by atoms with Crippen LogP contribution >= 0.6 is 0 Å². The molecule has 1 N–H and O–H groups in total. The van der Waals surface area contributed by atoms with Gasteiger partial charge < -0.3 is 14.6 Å². The SMILES string of the molecule is O=C(NCCCN1CCOCC1)c1cc(-c2ccccc2F)on1. The van der Waals surface area contributed by atoms with E-state index in [9.17, 15) is 9.18 Å². The standard InChI is InChI=1S/C17H20FN3O3/c18-14-5-2-1-4-13(14)16-12-15(20-24-16)17(22)19-6-3-7-21-8-10-23-11-9-21/h1-2,4-5,12H,3,6-11H2,(H,19,22). The predicted octanol–water partition coefficient (Wildman–Crippen LogP) is 1.93.